The number of rotatable bonds is 3. The molecule has 0 heterocycles. The van der Waals surface area contributed by atoms with Gasteiger partial charge in [-0.15, -0.1) is 0 Å². The Morgan fingerprint density at radius 3 is 2.54 bits per heavy atom. The maximum absolute atomic E-state index is 13.2. The second-order valence-electron chi connectivity index (χ2n) is 3.57. The first-order chi connectivity index (χ1) is 6.13. The molecule has 0 aliphatic carbocycles. The van der Waals surface area contributed by atoms with E-state index in [0.29, 0.717) is 11.7 Å². The maximum atomic E-state index is 13.2. The van der Waals surface area contributed by atoms with Crippen molar-refractivity contribution in [2.45, 2.75) is 20.3 Å². The first-order valence-corrected chi connectivity index (χ1v) is 4.46. The van der Waals surface area contributed by atoms with E-state index in [9.17, 15) is 4.39 Å². The molecule has 0 N–H and O–H groups in total. The van der Waals surface area contributed by atoms with Gasteiger partial charge >= 0.3 is 0 Å². The first-order valence-electron chi connectivity index (χ1n) is 4.46. The van der Waals surface area contributed by atoms with E-state index in [0.717, 1.165) is 12.0 Å². The van der Waals surface area contributed by atoms with Gasteiger partial charge in [-0.1, -0.05) is 19.9 Å². The number of hydrogen-bond acceptors (Lipinski definition) is 1. The van der Waals surface area contributed by atoms with Crippen molar-refractivity contribution >= 4 is 0 Å². The van der Waals surface area contributed by atoms with E-state index >= 15 is 0 Å². The van der Waals surface area contributed by atoms with Crippen LogP contribution < -0.4 is 4.74 Å². The van der Waals surface area contributed by atoms with Gasteiger partial charge in [-0.3, -0.25) is 0 Å². The largest absolute Gasteiger partial charge is 0.494 e. The third-order valence-corrected chi connectivity index (χ3v) is 1.86. The molecule has 0 unspecified atom stereocenters. The molecule has 0 fully saturated rings. The number of methoxy groups -OCH3 is 1. The zero-order valence-corrected chi connectivity index (χ0v) is 8.30. The zero-order chi connectivity index (χ0) is 9.84. The van der Waals surface area contributed by atoms with Crippen molar-refractivity contribution in [1.29, 1.82) is 0 Å². The summed E-state index contributed by atoms with van der Waals surface area (Å²) >= 11 is 0. The van der Waals surface area contributed by atoms with Crippen molar-refractivity contribution in [3.63, 3.8) is 0 Å². The summed E-state index contributed by atoms with van der Waals surface area (Å²) < 4.78 is 18.0. The molecule has 1 aromatic carbocycles. The van der Waals surface area contributed by atoms with E-state index in [-0.39, 0.29) is 5.82 Å². The zero-order valence-electron chi connectivity index (χ0n) is 8.30. The van der Waals surface area contributed by atoms with Gasteiger partial charge in [-0.05, 0) is 30.0 Å². The molecule has 1 aromatic rings. The topological polar surface area (TPSA) is 9.23 Å². The quantitative estimate of drug-likeness (QED) is 0.698. The van der Waals surface area contributed by atoms with Crippen LogP contribution in [0.1, 0.15) is 19.4 Å². The number of hydrogen-bond donors (Lipinski definition) is 0. The molecule has 0 radical (unpaired) electrons. The first kappa shape index (κ1) is 10.0. The number of ether oxygens (including phenoxy) is 1. The summed E-state index contributed by atoms with van der Waals surface area (Å²) in [7, 11) is 1.47. The lowest BCUT2D eigenvalue weighted by molar-refractivity contribution is 0.386. The second-order valence-corrected chi connectivity index (χ2v) is 3.57. The molecule has 0 aliphatic rings. The predicted octanol–water partition coefficient (Wildman–Crippen LogP) is 3.03. The molecule has 0 spiro atoms. The molecular formula is C11H15FO. The van der Waals surface area contributed by atoms with Crippen LogP contribution in [0, 0.1) is 11.7 Å². The van der Waals surface area contributed by atoms with Crippen LogP contribution in [-0.2, 0) is 6.42 Å². The van der Waals surface area contributed by atoms with Crippen LogP contribution in [-0.4, -0.2) is 7.11 Å². The Hall–Kier alpha value is -1.05. The van der Waals surface area contributed by atoms with Crippen LogP contribution >= 0.6 is 0 Å². The lowest BCUT2D eigenvalue weighted by Crippen LogP contribution is -1.96. The van der Waals surface area contributed by atoms with Crippen molar-refractivity contribution in [2.75, 3.05) is 7.11 Å². The monoisotopic (exact) mass is 182 g/mol. The normalized spacial score (nSPS) is 10.5. The van der Waals surface area contributed by atoms with Gasteiger partial charge in [0.2, 0.25) is 0 Å². The summed E-state index contributed by atoms with van der Waals surface area (Å²) in [5.41, 5.74) is 1.02. The molecule has 0 amide bonds. The SMILES string of the molecule is COc1ccc(CC(C)C)cc1F. The molecule has 0 atom stereocenters. The third kappa shape index (κ3) is 2.72. The van der Waals surface area contributed by atoms with Crippen LogP contribution in [0.3, 0.4) is 0 Å². The molecule has 0 aromatic heterocycles. The molecule has 0 aliphatic heterocycles. The Balaban J connectivity index is 2.83. The van der Waals surface area contributed by atoms with E-state index in [1.54, 1.807) is 12.1 Å². The van der Waals surface area contributed by atoms with Gasteiger partial charge in [0.25, 0.3) is 0 Å². The van der Waals surface area contributed by atoms with E-state index in [1.165, 1.54) is 7.11 Å². The molecule has 13 heavy (non-hydrogen) atoms. The van der Waals surface area contributed by atoms with E-state index in [2.05, 4.69) is 13.8 Å². The average molecular weight is 182 g/mol. The lowest BCUT2D eigenvalue weighted by atomic mass is 10.0. The van der Waals surface area contributed by atoms with Crippen LogP contribution in [0.2, 0.25) is 0 Å². The van der Waals surface area contributed by atoms with Gasteiger partial charge in [0.1, 0.15) is 0 Å². The van der Waals surface area contributed by atoms with Gasteiger partial charge in [-0.25, -0.2) is 4.39 Å². The molecular weight excluding hydrogens is 167 g/mol. The molecule has 72 valence electrons. The molecule has 0 saturated heterocycles. The van der Waals surface area contributed by atoms with Crippen molar-refractivity contribution in [3.05, 3.63) is 29.6 Å². The molecule has 2 heteroatoms. The highest BCUT2D eigenvalue weighted by Crippen LogP contribution is 2.19. The van der Waals surface area contributed by atoms with E-state index in [1.807, 2.05) is 6.07 Å². The van der Waals surface area contributed by atoms with Gasteiger partial charge in [-0.2, -0.15) is 0 Å². The van der Waals surface area contributed by atoms with E-state index < -0.39 is 0 Å². The highest BCUT2D eigenvalue weighted by atomic mass is 19.1. The smallest absolute Gasteiger partial charge is 0.165 e. The second kappa shape index (κ2) is 4.26. The van der Waals surface area contributed by atoms with Gasteiger partial charge in [0, 0.05) is 0 Å². The van der Waals surface area contributed by atoms with Crippen LogP contribution in [0.4, 0.5) is 4.39 Å². The molecule has 0 bridgehead atoms. The number of halogens is 1. The summed E-state index contributed by atoms with van der Waals surface area (Å²) in [6.45, 7) is 4.23. The highest BCUT2D eigenvalue weighted by Gasteiger charge is 2.04. The highest BCUT2D eigenvalue weighted by molar-refractivity contribution is 5.29. The van der Waals surface area contributed by atoms with Gasteiger partial charge in [0.15, 0.2) is 11.6 Å². The standard InChI is InChI=1S/C11H15FO/c1-8(2)6-9-4-5-11(13-3)10(12)7-9/h4-5,7-8H,6H2,1-3H3. The average Bonchev–Trinajstić information content (AvgIpc) is 2.03. The van der Waals surface area contributed by atoms with Crippen LogP contribution in [0.15, 0.2) is 18.2 Å². The maximum Gasteiger partial charge on any atom is 0.165 e. The van der Waals surface area contributed by atoms with E-state index in [4.69, 9.17) is 4.74 Å². The fourth-order valence-electron chi connectivity index (χ4n) is 1.31. The minimum atomic E-state index is -0.277. The Kier molecular flexibility index (Phi) is 3.29. The third-order valence-electron chi connectivity index (χ3n) is 1.86. The van der Waals surface area contributed by atoms with Crippen molar-refractivity contribution in [2.24, 2.45) is 5.92 Å². The molecule has 1 rings (SSSR count). The fourth-order valence-corrected chi connectivity index (χ4v) is 1.31. The van der Waals surface area contributed by atoms with Gasteiger partial charge < -0.3 is 4.74 Å². The van der Waals surface area contributed by atoms with Crippen molar-refractivity contribution < 1.29 is 9.13 Å². The molecule has 0 saturated carbocycles. The molecule has 1 nitrogen and oxygen atoms in total. The summed E-state index contributed by atoms with van der Waals surface area (Å²) in [6.07, 6.45) is 0.904. The minimum Gasteiger partial charge on any atom is -0.494 e. The Labute approximate surface area is 78.5 Å². The minimum absolute atomic E-state index is 0.277. The summed E-state index contributed by atoms with van der Waals surface area (Å²) in [5.74, 6) is 0.584. The number of benzene rings is 1. The van der Waals surface area contributed by atoms with Crippen molar-refractivity contribution in [1.82, 2.24) is 0 Å². The van der Waals surface area contributed by atoms with Gasteiger partial charge in [0.05, 0.1) is 7.11 Å². The lowest BCUT2D eigenvalue weighted by Gasteiger charge is -2.06. The predicted molar refractivity (Wildman–Crippen MR) is 51.5 cm³/mol. The fraction of sp³-hybridized carbons (Fsp3) is 0.455. The Bertz CT molecular complexity index is 281. The summed E-state index contributed by atoms with van der Waals surface area (Å²) in [5, 5.41) is 0. The Morgan fingerprint density at radius 1 is 1.38 bits per heavy atom. The summed E-state index contributed by atoms with van der Waals surface area (Å²) in [6, 6.07) is 5.12. The van der Waals surface area contributed by atoms with Crippen molar-refractivity contribution in [3.8, 4) is 5.75 Å². The summed E-state index contributed by atoms with van der Waals surface area (Å²) in [4.78, 5) is 0. The van der Waals surface area contributed by atoms with Crippen LogP contribution in [0.5, 0.6) is 5.75 Å². The Morgan fingerprint density at radius 2 is 2.08 bits per heavy atom. The van der Waals surface area contributed by atoms with Crippen LogP contribution in [0.25, 0.3) is 0 Å².